The van der Waals surface area contributed by atoms with E-state index >= 15 is 0 Å². The van der Waals surface area contributed by atoms with Gasteiger partial charge in [-0.1, -0.05) is 0 Å². The Balaban J connectivity index is 0.000000405. The molecule has 1 unspecified atom stereocenters. The summed E-state index contributed by atoms with van der Waals surface area (Å²) in [7, 11) is 3.44. The second kappa shape index (κ2) is 10.7. The van der Waals surface area contributed by atoms with Crippen molar-refractivity contribution in [2.45, 2.75) is 57.0 Å². The molecule has 202 valence electrons. The molecule has 9 nitrogen and oxygen atoms in total. The second-order valence-corrected chi connectivity index (χ2v) is 9.67. The molecule has 1 aliphatic carbocycles. The highest BCUT2D eigenvalue weighted by Crippen LogP contribution is 2.41. The number of anilines is 1. The molecule has 5 rings (SSSR count). The largest absolute Gasteiger partial charge is 0.496 e. The monoisotopic (exact) mass is 524 g/mol. The summed E-state index contributed by atoms with van der Waals surface area (Å²) in [5, 5.41) is 10.6. The molecule has 0 bridgehead atoms. The van der Waals surface area contributed by atoms with Gasteiger partial charge in [0.15, 0.2) is 0 Å². The van der Waals surface area contributed by atoms with Crippen LogP contribution in [0.25, 0.3) is 0 Å². The van der Waals surface area contributed by atoms with Gasteiger partial charge in [-0.2, -0.15) is 13.2 Å². The van der Waals surface area contributed by atoms with Gasteiger partial charge in [-0.15, -0.1) is 0 Å². The lowest BCUT2D eigenvalue weighted by atomic mass is 9.80. The van der Waals surface area contributed by atoms with Crippen LogP contribution in [0, 0.1) is 6.92 Å². The SMILES string of the molecule is COc1cc(C)cc(OC)c1CN1CCC2(COCc3cnc(NC4CC4)nc32)C1.O=C(O)C(F)(F)F. The highest BCUT2D eigenvalue weighted by molar-refractivity contribution is 5.73. The molecule has 12 heteroatoms. The average Bonchev–Trinajstić information content (AvgIpc) is 3.58. The van der Waals surface area contributed by atoms with Gasteiger partial charge >= 0.3 is 12.1 Å². The van der Waals surface area contributed by atoms with Crippen molar-refractivity contribution in [3.63, 3.8) is 0 Å². The van der Waals surface area contributed by atoms with E-state index in [-0.39, 0.29) is 5.41 Å². The Labute approximate surface area is 212 Å². The quantitative estimate of drug-likeness (QED) is 0.585. The van der Waals surface area contributed by atoms with Gasteiger partial charge in [-0.3, -0.25) is 4.90 Å². The fourth-order valence-corrected chi connectivity index (χ4v) is 4.77. The number of hydrogen-bond acceptors (Lipinski definition) is 8. The number of aryl methyl sites for hydroxylation is 1. The summed E-state index contributed by atoms with van der Waals surface area (Å²) in [6.07, 6.45) is 0.310. The number of methoxy groups -OCH3 is 2. The number of aliphatic carboxylic acids is 1. The van der Waals surface area contributed by atoms with Gasteiger partial charge in [-0.25, -0.2) is 14.8 Å². The van der Waals surface area contributed by atoms with E-state index in [0.717, 1.165) is 65.9 Å². The Hall–Kier alpha value is -3.12. The Bertz CT molecular complexity index is 1120. The molecule has 1 atom stereocenters. The van der Waals surface area contributed by atoms with Gasteiger partial charge in [0.2, 0.25) is 5.95 Å². The Kier molecular flexibility index (Phi) is 7.79. The number of halogens is 3. The van der Waals surface area contributed by atoms with Crippen molar-refractivity contribution in [3.05, 3.63) is 40.7 Å². The number of ether oxygens (including phenoxy) is 3. The number of carbonyl (C=O) groups is 1. The summed E-state index contributed by atoms with van der Waals surface area (Å²) >= 11 is 0. The van der Waals surface area contributed by atoms with Crippen LogP contribution in [-0.2, 0) is 28.1 Å². The van der Waals surface area contributed by atoms with Crippen LogP contribution in [0.5, 0.6) is 11.5 Å². The lowest BCUT2D eigenvalue weighted by Crippen LogP contribution is -2.40. The van der Waals surface area contributed by atoms with Crippen molar-refractivity contribution in [1.29, 1.82) is 0 Å². The molecule has 0 radical (unpaired) electrons. The number of likely N-dealkylation sites (tertiary alicyclic amines) is 1. The van der Waals surface area contributed by atoms with Gasteiger partial charge in [0.05, 0.1) is 44.1 Å². The molecule has 2 fully saturated rings. The van der Waals surface area contributed by atoms with Gasteiger partial charge < -0.3 is 24.6 Å². The number of carboxylic acids is 1. The van der Waals surface area contributed by atoms with Crippen LogP contribution in [0.15, 0.2) is 18.3 Å². The first-order valence-corrected chi connectivity index (χ1v) is 12.0. The number of rotatable bonds is 6. The van der Waals surface area contributed by atoms with Gasteiger partial charge in [0.25, 0.3) is 0 Å². The Morgan fingerprint density at radius 3 is 2.49 bits per heavy atom. The third-order valence-corrected chi connectivity index (χ3v) is 6.72. The van der Waals surface area contributed by atoms with Crippen LogP contribution in [0.3, 0.4) is 0 Å². The highest BCUT2D eigenvalue weighted by Gasteiger charge is 2.45. The number of fused-ring (bicyclic) bond motifs is 2. The molecule has 2 aliphatic heterocycles. The van der Waals surface area contributed by atoms with E-state index < -0.39 is 12.1 Å². The van der Waals surface area contributed by atoms with Crippen LogP contribution in [0.4, 0.5) is 19.1 Å². The smallest absolute Gasteiger partial charge is 0.490 e. The van der Waals surface area contributed by atoms with E-state index in [1.807, 2.05) is 6.20 Å². The van der Waals surface area contributed by atoms with E-state index in [9.17, 15) is 13.2 Å². The Morgan fingerprint density at radius 1 is 1.27 bits per heavy atom. The summed E-state index contributed by atoms with van der Waals surface area (Å²) in [4.78, 5) is 20.8. The van der Waals surface area contributed by atoms with Gasteiger partial charge in [-0.05, 0) is 50.4 Å². The minimum absolute atomic E-state index is 0.0817. The second-order valence-electron chi connectivity index (χ2n) is 9.67. The van der Waals surface area contributed by atoms with E-state index in [4.69, 9.17) is 29.1 Å². The first-order valence-electron chi connectivity index (χ1n) is 12.0. The summed E-state index contributed by atoms with van der Waals surface area (Å²) < 4.78 is 49.1. The number of nitrogens with zero attached hydrogens (tertiary/aromatic N) is 3. The number of benzene rings is 1. The maximum absolute atomic E-state index is 10.6. The minimum Gasteiger partial charge on any atom is -0.496 e. The van der Waals surface area contributed by atoms with Crippen LogP contribution < -0.4 is 14.8 Å². The van der Waals surface area contributed by atoms with Crippen molar-refractivity contribution in [1.82, 2.24) is 14.9 Å². The predicted octanol–water partition coefficient (Wildman–Crippen LogP) is 3.68. The zero-order valence-corrected chi connectivity index (χ0v) is 21.0. The zero-order chi connectivity index (χ0) is 26.8. The molecule has 3 heterocycles. The van der Waals surface area contributed by atoms with Crippen molar-refractivity contribution in [3.8, 4) is 11.5 Å². The van der Waals surface area contributed by atoms with Crippen LogP contribution in [-0.4, -0.2) is 72.1 Å². The molecule has 1 aromatic heterocycles. The van der Waals surface area contributed by atoms with Crippen molar-refractivity contribution in [2.24, 2.45) is 0 Å². The topological polar surface area (TPSA) is 106 Å². The number of alkyl halides is 3. The molecule has 2 aromatic rings. The lowest BCUT2D eigenvalue weighted by Gasteiger charge is -2.34. The lowest BCUT2D eigenvalue weighted by molar-refractivity contribution is -0.192. The predicted molar refractivity (Wildman–Crippen MR) is 128 cm³/mol. The third kappa shape index (κ3) is 6.24. The minimum atomic E-state index is -5.08. The van der Waals surface area contributed by atoms with Crippen molar-refractivity contribution >= 4 is 11.9 Å². The molecular formula is C25H31F3N4O5. The summed E-state index contributed by atoms with van der Waals surface area (Å²) in [5.41, 5.74) is 4.43. The van der Waals surface area contributed by atoms with Gasteiger partial charge in [0, 0.05) is 30.9 Å². The summed E-state index contributed by atoms with van der Waals surface area (Å²) in [5.74, 6) is -0.233. The molecule has 3 aliphatic rings. The fraction of sp³-hybridized carbons (Fsp3) is 0.560. The third-order valence-electron chi connectivity index (χ3n) is 6.72. The highest BCUT2D eigenvalue weighted by atomic mass is 19.4. The van der Waals surface area contributed by atoms with Crippen molar-refractivity contribution < 1.29 is 37.3 Å². The number of nitrogens with one attached hydrogen (secondary N) is 1. The molecule has 1 aromatic carbocycles. The normalized spacial score (nSPS) is 21.1. The van der Waals surface area contributed by atoms with E-state index in [1.165, 1.54) is 12.8 Å². The van der Waals surface area contributed by atoms with Crippen molar-refractivity contribution in [2.75, 3.05) is 39.2 Å². The molecule has 1 spiro atoms. The summed E-state index contributed by atoms with van der Waals surface area (Å²) in [6, 6.07) is 4.69. The van der Waals surface area contributed by atoms with Crippen LogP contribution in [0.1, 0.15) is 41.6 Å². The molecule has 2 N–H and O–H groups in total. The molecular weight excluding hydrogens is 493 g/mol. The van der Waals surface area contributed by atoms with E-state index in [0.29, 0.717) is 19.3 Å². The van der Waals surface area contributed by atoms with Crippen LogP contribution >= 0.6 is 0 Å². The summed E-state index contributed by atoms with van der Waals surface area (Å²) in [6.45, 7) is 6.03. The molecule has 37 heavy (non-hydrogen) atoms. The Morgan fingerprint density at radius 2 is 1.92 bits per heavy atom. The van der Waals surface area contributed by atoms with Gasteiger partial charge in [0.1, 0.15) is 11.5 Å². The average molecular weight is 525 g/mol. The molecule has 1 saturated heterocycles. The first kappa shape index (κ1) is 26.9. The van der Waals surface area contributed by atoms with E-state index in [2.05, 4.69) is 34.3 Å². The maximum Gasteiger partial charge on any atom is 0.490 e. The fourth-order valence-electron chi connectivity index (χ4n) is 4.77. The zero-order valence-electron chi connectivity index (χ0n) is 21.0. The first-order chi connectivity index (χ1) is 17.5. The number of carboxylic acid groups (broad SMARTS) is 1. The molecule has 0 amide bonds. The van der Waals surface area contributed by atoms with E-state index in [1.54, 1.807) is 14.2 Å². The standard InChI is InChI=1S/C23H30N4O3.C2HF3O2/c1-15-8-19(28-2)18(20(9-15)29-3)11-27-7-6-23(13-27)14-30-12-16-10-24-22(26-21(16)23)25-17-4-5-17;3-2(4,5)1(6)7/h8-10,17H,4-7,11-14H2,1-3H3,(H,24,25,26);(H,6,7). The number of hydrogen-bond donors (Lipinski definition) is 2. The number of aromatic nitrogens is 2. The maximum atomic E-state index is 10.6. The molecule has 1 saturated carbocycles. The van der Waals surface area contributed by atoms with Crippen LogP contribution in [0.2, 0.25) is 0 Å².